The molecular weight excluding hydrogens is 280 g/mol. The van der Waals surface area contributed by atoms with Crippen LogP contribution in [-0.2, 0) is 12.5 Å². The van der Waals surface area contributed by atoms with Crippen molar-refractivity contribution in [2.45, 2.75) is 26.2 Å². The molecule has 0 atom stereocenters. The van der Waals surface area contributed by atoms with E-state index in [-0.39, 0.29) is 5.41 Å². The van der Waals surface area contributed by atoms with Crippen molar-refractivity contribution < 1.29 is 9.13 Å². The Morgan fingerprint density at radius 3 is 1.61 bits per heavy atom. The van der Waals surface area contributed by atoms with Gasteiger partial charge in [0, 0.05) is 36.4 Å². The van der Waals surface area contributed by atoms with E-state index in [4.69, 9.17) is 0 Å². The number of hydrogen-bond donors (Lipinski definition) is 0. The van der Waals surface area contributed by atoms with Crippen LogP contribution in [0.5, 0.6) is 0 Å². The first-order valence-corrected chi connectivity index (χ1v) is 8.01. The smallest absolute Gasteiger partial charge is 0.208 e. The normalized spacial score (nSPS) is 11.5. The molecule has 23 heavy (non-hydrogen) atoms. The summed E-state index contributed by atoms with van der Waals surface area (Å²) in [5.41, 5.74) is 5.20. The number of pyridine rings is 2. The van der Waals surface area contributed by atoms with E-state index in [0.717, 1.165) is 0 Å². The van der Waals surface area contributed by atoms with Crippen LogP contribution in [0.25, 0.3) is 16.8 Å². The lowest BCUT2D eigenvalue weighted by Crippen LogP contribution is -2.29. The average molecular weight is 304 g/mol. The van der Waals surface area contributed by atoms with Crippen molar-refractivity contribution in [2.24, 2.45) is 7.05 Å². The van der Waals surface area contributed by atoms with Gasteiger partial charge in [-0.25, -0.2) is 4.57 Å². The first-order valence-electron chi connectivity index (χ1n) is 8.01. The highest BCUT2D eigenvalue weighted by Gasteiger charge is 2.14. The van der Waals surface area contributed by atoms with Crippen LogP contribution in [-0.4, -0.2) is 0 Å². The van der Waals surface area contributed by atoms with Crippen LogP contribution in [0.4, 0.5) is 0 Å². The molecule has 0 amide bonds. The molecule has 0 unspecified atom stereocenters. The molecule has 0 aliphatic rings. The van der Waals surface area contributed by atoms with Crippen LogP contribution >= 0.6 is 0 Å². The predicted molar refractivity (Wildman–Crippen MR) is 93.3 cm³/mol. The summed E-state index contributed by atoms with van der Waals surface area (Å²) in [6.07, 6.45) is 8.38. The van der Waals surface area contributed by atoms with Gasteiger partial charge in [0.2, 0.25) is 5.69 Å². The van der Waals surface area contributed by atoms with Crippen LogP contribution in [0, 0.1) is 0 Å². The number of benzene rings is 1. The highest BCUT2D eigenvalue weighted by atomic mass is 14.9. The summed E-state index contributed by atoms with van der Waals surface area (Å²) in [6.45, 7) is 6.72. The minimum absolute atomic E-state index is 0.191. The zero-order valence-corrected chi connectivity index (χ0v) is 14.3. The fourth-order valence-electron chi connectivity index (χ4n) is 2.62. The summed E-state index contributed by atoms with van der Waals surface area (Å²) in [7, 11) is 2.03. The molecule has 0 bridgehead atoms. The molecule has 0 spiro atoms. The second kappa shape index (κ2) is 5.96. The van der Waals surface area contributed by atoms with Crippen molar-refractivity contribution >= 4 is 0 Å². The standard InChI is InChI=1S/C21H24N2/c1-21(2,3)19-5-7-20(8-6-19)23-15-11-18(12-16-23)17-9-13-22(4)14-10-17/h5-16H,1-4H3/q+2. The van der Waals surface area contributed by atoms with Crippen LogP contribution in [0.15, 0.2) is 73.3 Å². The Kier molecular flexibility index (Phi) is 3.99. The van der Waals surface area contributed by atoms with Crippen LogP contribution in [0.3, 0.4) is 0 Å². The largest absolute Gasteiger partial charge is 0.210 e. The van der Waals surface area contributed by atoms with Gasteiger partial charge in [-0.3, -0.25) is 0 Å². The predicted octanol–water partition coefficient (Wildman–Crippen LogP) is 3.75. The van der Waals surface area contributed by atoms with Crippen molar-refractivity contribution in [3.05, 3.63) is 78.9 Å². The van der Waals surface area contributed by atoms with Gasteiger partial charge in [-0.2, -0.15) is 4.57 Å². The van der Waals surface area contributed by atoms with Gasteiger partial charge < -0.3 is 0 Å². The van der Waals surface area contributed by atoms with E-state index in [1.165, 1.54) is 22.4 Å². The lowest BCUT2D eigenvalue weighted by Gasteiger charge is -2.18. The molecule has 116 valence electrons. The number of hydrogen-bond acceptors (Lipinski definition) is 0. The Hall–Kier alpha value is -2.48. The van der Waals surface area contributed by atoms with E-state index in [9.17, 15) is 0 Å². The van der Waals surface area contributed by atoms with Crippen molar-refractivity contribution in [3.8, 4) is 16.8 Å². The summed E-state index contributed by atoms with van der Waals surface area (Å²) in [4.78, 5) is 0. The van der Waals surface area contributed by atoms with E-state index < -0.39 is 0 Å². The van der Waals surface area contributed by atoms with Gasteiger partial charge in [-0.15, -0.1) is 0 Å². The third kappa shape index (κ3) is 3.48. The van der Waals surface area contributed by atoms with Gasteiger partial charge in [0.25, 0.3) is 0 Å². The molecule has 0 N–H and O–H groups in total. The second-order valence-corrected chi connectivity index (χ2v) is 7.04. The van der Waals surface area contributed by atoms with Crippen LogP contribution < -0.4 is 9.13 Å². The van der Waals surface area contributed by atoms with Crippen molar-refractivity contribution in [1.82, 2.24) is 0 Å². The maximum absolute atomic E-state index is 2.24. The minimum atomic E-state index is 0.191. The fourth-order valence-corrected chi connectivity index (χ4v) is 2.62. The minimum Gasteiger partial charge on any atom is -0.208 e. The maximum Gasteiger partial charge on any atom is 0.210 e. The van der Waals surface area contributed by atoms with E-state index >= 15 is 0 Å². The molecule has 2 heterocycles. The van der Waals surface area contributed by atoms with Gasteiger partial charge in [-0.1, -0.05) is 32.9 Å². The molecule has 2 heteroatoms. The molecule has 0 aliphatic heterocycles. The second-order valence-electron chi connectivity index (χ2n) is 7.04. The third-order valence-corrected chi connectivity index (χ3v) is 4.17. The Morgan fingerprint density at radius 2 is 1.13 bits per heavy atom. The zero-order valence-electron chi connectivity index (χ0n) is 14.3. The van der Waals surface area contributed by atoms with E-state index in [0.29, 0.717) is 0 Å². The van der Waals surface area contributed by atoms with Gasteiger partial charge in [0.15, 0.2) is 24.8 Å². The highest BCUT2D eigenvalue weighted by Crippen LogP contribution is 2.22. The molecule has 0 saturated heterocycles. The molecule has 0 aliphatic carbocycles. The Morgan fingerprint density at radius 1 is 0.652 bits per heavy atom. The molecule has 0 fully saturated rings. The average Bonchev–Trinajstić information content (AvgIpc) is 2.55. The van der Waals surface area contributed by atoms with Crippen LogP contribution in [0.1, 0.15) is 26.3 Å². The maximum atomic E-state index is 2.24. The Balaban J connectivity index is 1.86. The summed E-state index contributed by atoms with van der Waals surface area (Å²) < 4.78 is 4.20. The number of aryl methyl sites for hydroxylation is 1. The topological polar surface area (TPSA) is 7.76 Å². The van der Waals surface area contributed by atoms with Crippen molar-refractivity contribution in [3.63, 3.8) is 0 Å². The lowest BCUT2D eigenvalue weighted by molar-refractivity contribution is -0.671. The SMILES string of the molecule is C[n+]1ccc(-c2cc[n+](-c3ccc(C(C)(C)C)cc3)cc2)cc1. The number of rotatable bonds is 2. The van der Waals surface area contributed by atoms with Gasteiger partial charge >= 0.3 is 0 Å². The molecule has 0 radical (unpaired) electrons. The molecule has 3 rings (SSSR count). The molecule has 0 saturated carbocycles. The highest BCUT2D eigenvalue weighted by molar-refractivity contribution is 5.61. The zero-order chi connectivity index (χ0) is 16.4. The lowest BCUT2D eigenvalue weighted by atomic mass is 9.87. The molecule has 2 aromatic heterocycles. The summed E-state index contributed by atoms with van der Waals surface area (Å²) >= 11 is 0. The van der Waals surface area contributed by atoms with Crippen LogP contribution in [0.2, 0.25) is 0 Å². The van der Waals surface area contributed by atoms with Gasteiger partial charge in [-0.05, 0) is 22.1 Å². The molecular formula is C21H24N2+2. The Labute approximate surface area is 138 Å². The monoisotopic (exact) mass is 304 g/mol. The van der Waals surface area contributed by atoms with E-state index in [1.54, 1.807) is 0 Å². The fraction of sp³-hybridized carbons (Fsp3) is 0.238. The summed E-state index contributed by atoms with van der Waals surface area (Å²) in [5.74, 6) is 0. The molecule has 1 aromatic carbocycles. The first-order chi connectivity index (χ1) is 10.9. The quantitative estimate of drug-likeness (QED) is 0.637. The van der Waals surface area contributed by atoms with Gasteiger partial charge in [0.1, 0.15) is 7.05 Å². The van der Waals surface area contributed by atoms with Gasteiger partial charge in [0.05, 0.1) is 0 Å². The molecule has 2 nitrogen and oxygen atoms in total. The summed E-state index contributed by atoms with van der Waals surface area (Å²) in [5, 5.41) is 0. The Bertz CT molecular complexity index is 777. The van der Waals surface area contributed by atoms with Crippen molar-refractivity contribution in [2.75, 3.05) is 0 Å². The molecule has 3 aromatic rings. The first kappa shape index (κ1) is 15.4. The van der Waals surface area contributed by atoms with E-state index in [1.807, 2.05) is 11.6 Å². The van der Waals surface area contributed by atoms with Crippen molar-refractivity contribution in [1.29, 1.82) is 0 Å². The number of aromatic nitrogens is 2. The summed E-state index contributed by atoms with van der Waals surface area (Å²) in [6, 6.07) is 17.4. The van der Waals surface area contributed by atoms with E-state index in [2.05, 4.69) is 98.7 Å². The number of nitrogens with zero attached hydrogens (tertiary/aromatic N) is 2. The third-order valence-electron chi connectivity index (χ3n) is 4.17.